The highest BCUT2D eigenvalue weighted by Crippen LogP contribution is 1.99. The van der Waals surface area contributed by atoms with Crippen LogP contribution in [0.25, 0.3) is 0 Å². The van der Waals surface area contributed by atoms with Gasteiger partial charge >= 0.3 is 0 Å². The van der Waals surface area contributed by atoms with Gasteiger partial charge in [0.1, 0.15) is 0 Å². The molecule has 0 aromatic heterocycles. The summed E-state index contributed by atoms with van der Waals surface area (Å²) in [7, 11) is -3.74. The molecule has 0 aliphatic carbocycles. The van der Waals surface area contributed by atoms with E-state index in [9.17, 15) is 8.42 Å². The van der Waals surface area contributed by atoms with Crippen LogP contribution in [0.1, 0.15) is 6.92 Å². The van der Waals surface area contributed by atoms with Gasteiger partial charge in [0, 0.05) is 0 Å². The Morgan fingerprint density at radius 1 is 1.70 bits per heavy atom. The Morgan fingerprint density at radius 2 is 2.20 bits per heavy atom. The molecule has 58 valence electrons. The van der Waals surface area contributed by atoms with Crippen LogP contribution in [0.3, 0.4) is 0 Å². The molecule has 0 aliphatic heterocycles. The van der Waals surface area contributed by atoms with Crippen LogP contribution in [0.15, 0.2) is 24.0 Å². The number of hydrogen-bond acceptors (Lipinski definition) is 3. The first kappa shape index (κ1) is 9.19. The van der Waals surface area contributed by atoms with Crippen LogP contribution >= 0.6 is 0 Å². The first-order valence-electron chi connectivity index (χ1n) is 2.48. The lowest BCUT2D eigenvalue weighted by atomic mass is 10.7. The van der Waals surface area contributed by atoms with Crippen LogP contribution in [0.2, 0.25) is 0 Å². The quantitative estimate of drug-likeness (QED) is 0.608. The summed E-state index contributed by atoms with van der Waals surface area (Å²) in [5.41, 5.74) is 0. The van der Waals surface area contributed by atoms with Crippen molar-refractivity contribution in [3.63, 3.8) is 0 Å². The van der Waals surface area contributed by atoms with Gasteiger partial charge in [-0.1, -0.05) is 6.08 Å². The smallest absolute Gasteiger partial charge is 0.270 e. The van der Waals surface area contributed by atoms with E-state index in [-0.39, 0.29) is 0 Å². The van der Waals surface area contributed by atoms with Crippen LogP contribution < -0.4 is 5.14 Å². The SMILES string of the molecule is C=C(O/C=C\C)S(N)(=O)=O. The average Bonchev–Trinajstić information content (AvgIpc) is 1.80. The first-order valence-corrected chi connectivity index (χ1v) is 4.02. The van der Waals surface area contributed by atoms with Gasteiger partial charge in [-0.3, -0.25) is 0 Å². The molecule has 0 fully saturated rings. The minimum atomic E-state index is -3.74. The Labute approximate surface area is 60.0 Å². The van der Waals surface area contributed by atoms with Crippen molar-refractivity contribution in [1.82, 2.24) is 0 Å². The Hall–Kier alpha value is -0.810. The molecule has 0 bridgehead atoms. The second-order valence-corrected chi connectivity index (χ2v) is 3.05. The van der Waals surface area contributed by atoms with Crippen molar-refractivity contribution in [2.75, 3.05) is 0 Å². The minimum absolute atomic E-state index is 0.453. The van der Waals surface area contributed by atoms with Crippen LogP contribution in [0.5, 0.6) is 0 Å². The van der Waals surface area contributed by atoms with Crippen molar-refractivity contribution >= 4 is 10.0 Å². The van der Waals surface area contributed by atoms with Gasteiger partial charge in [0.2, 0.25) is 5.09 Å². The van der Waals surface area contributed by atoms with E-state index in [4.69, 9.17) is 0 Å². The summed E-state index contributed by atoms with van der Waals surface area (Å²) < 4.78 is 25.2. The molecule has 0 aromatic rings. The fraction of sp³-hybridized carbons (Fsp3) is 0.200. The lowest BCUT2D eigenvalue weighted by Crippen LogP contribution is -2.14. The molecule has 0 atom stereocenters. The molecular formula is C5H9NO3S. The first-order chi connectivity index (χ1) is 4.48. The molecule has 0 aliphatic rings. The van der Waals surface area contributed by atoms with E-state index in [2.05, 4.69) is 16.5 Å². The van der Waals surface area contributed by atoms with Crippen LogP contribution in [0.4, 0.5) is 0 Å². The second-order valence-electron chi connectivity index (χ2n) is 1.50. The van der Waals surface area contributed by atoms with Crippen molar-refractivity contribution in [2.24, 2.45) is 5.14 Å². The highest BCUT2D eigenvalue weighted by Gasteiger charge is 2.07. The summed E-state index contributed by atoms with van der Waals surface area (Å²) in [5, 5.41) is 4.18. The maximum atomic E-state index is 10.4. The molecule has 0 amide bonds. The molecule has 0 unspecified atom stereocenters. The van der Waals surface area contributed by atoms with Crippen LogP contribution in [-0.2, 0) is 14.8 Å². The Morgan fingerprint density at radius 3 is 2.50 bits per heavy atom. The molecule has 0 spiro atoms. The van der Waals surface area contributed by atoms with Crippen LogP contribution in [0, 0.1) is 0 Å². The van der Waals surface area contributed by atoms with E-state index in [1.54, 1.807) is 6.92 Å². The summed E-state index contributed by atoms with van der Waals surface area (Å²) in [5.74, 6) is 0. The number of allylic oxidation sites excluding steroid dienone is 1. The third-order valence-electron chi connectivity index (χ3n) is 0.653. The average molecular weight is 163 g/mol. The fourth-order valence-corrected chi connectivity index (χ4v) is 0.401. The maximum absolute atomic E-state index is 10.4. The van der Waals surface area contributed by atoms with E-state index >= 15 is 0 Å². The topological polar surface area (TPSA) is 69.4 Å². The number of hydrogen-bond donors (Lipinski definition) is 1. The second kappa shape index (κ2) is 3.38. The summed E-state index contributed by atoms with van der Waals surface area (Å²) >= 11 is 0. The lowest BCUT2D eigenvalue weighted by molar-refractivity contribution is 0.379. The van der Waals surface area contributed by atoms with Crippen molar-refractivity contribution < 1.29 is 13.2 Å². The van der Waals surface area contributed by atoms with E-state index in [0.717, 1.165) is 0 Å². The molecule has 0 radical (unpaired) electrons. The summed E-state index contributed by atoms with van der Waals surface area (Å²) in [6, 6.07) is 0. The molecule has 10 heavy (non-hydrogen) atoms. The molecule has 0 rings (SSSR count). The van der Waals surface area contributed by atoms with Crippen molar-refractivity contribution in [1.29, 1.82) is 0 Å². The summed E-state index contributed by atoms with van der Waals surface area (Å²) in [6.07, 6.45) is 2.71. The predicted octanol–water partition coefficient (Wildman–Crippen LogP) is 0.296. The van der Waals surface area contributed by atoms with Gasteiger partial charge in [0.15, 0.2) is 0 Å². The minimum Gasteiger partial charge on any atom is -0.453 e. The molecular weight excluding hydrogens is 154 g/mol. The number of nitrogens with two attached hydrogens (primary N) is 1. The standard InChI is InChI=1S/C5H9NO3S/c1-3-4-9-5(2)10(6,7)8/h3-4H,2H2,1H3,(H2,6,7,8)/b4-3-. The third kappa shape index (κ3) is 3.26. The third-order valence-corrected chi connectivity index (χ3v) is 1.38. The van der Waals surface area contributed by atoms with Gasteiger partial charge in [-0.2, -0.15) is 0 Å². The summed E-state index contributed by atoms with van der Waals surface area (Å²) in [6.45, 7) is 4.75. The largest absolute Gasteiger partial charge is 0.453 e. The Balaban J connectivity index is 4.14. The normalized spacial score (nSPS) is 11.8. The van der Waals surface area contributed by atoms with Gasteiger partial charge in [-0.15, -0.1) is 0 Å². The van der Waals surface area contributed by atoms with Gasteiger partial charge < -0.3 is 4.74 Å². The molecule has 2 N–H and O–H groups in total. The predicted molar refractivity (Wildman–Crippen MR) is 38.1 cm³/mol. The zero-order chi connectivity index (χ0) is 8.20. The summed E-state index contributed by atoms with van der Waals surface area (Å²) in [4.78, 5) is 0. The fourth-order valence-electron chi connectivity index (χ4n) is 0.211. The number of sulfonamides is 1. The zero-order valence-corrected chi connectivity index (χ0v) is 6.39. The lowest BCUT2D eigenvalue weighted by Gasteiger charge is -1.98. The van der Waals surface area contributed by atoms with Crippen molar-refractivity contribution in [2.45, 2.75) is 6.92 Å². The monoisotopic (exact) mass is 163 g/mol. The highest BCUT2D eigenvalue weighted by molar-refractivity contribution is 7.92. The molecule has 0 heterocycles. The molecule has 4 nitrogen and oxygen atoms in total. The van der Waals surface area contributed by atoms with Crippen LogP contribution in [-0.4, -0.2) is 8.42 Å². The van der Waals surface area contributed by atoms with E-state index in [0.29, 0.717) is 0 Å². The van der Waals surface area contributed by atoms with E-state index in [1.165, 1.54) is 12.3 Å². The number of rotatable bonds is 3. The maximum Gasteiger partial charge on any atom is 0.270 e. The molecule has 0 saturated carbocycles. The van der Waals surface area contributed by atoms with Crippen molar-refractivity contribution in [3.05, 3.63) is 24.0 Å². The zero-order valence-electron chi connectivity index (χ0n) is 5.57. The molecule has 0 saturated heterocycles. The highest BCUT2D eigenvalue weighted by atomic mass is 32.2. The van der Waals surface area contributed by atoms with E-state index < -0.39 is 15.1 Å². The van der Waals surface area contributed by atoms with Gasteiger partial charge in [-0.05, 0) is 13.5 Å². The number of primary sulfonamides is 1. The van der Waals surface area contributed by atoms with Gasteiger partial charge in [0.25, 0.3) is 10.0 Å². The van der Waals surface area contributed by atoms with E-state index in [1.807, 2.05) is 0 Å². The van der Waals surface area contributed by atoms with Gasteiger partial charge in [0.05, 0.1) is 6.26 Å². The Kier molecular flexibility index (Phi) is 3.11. The molecule has 0 aromatic carbocycles. The van der Waals surface area contributed by atoms with Crippen molar-refractivity contribution in [3.8, 4) is 0 Å². The number of ether oxygens (including phenoxy) is 1. The Bertz CT molecular complexity index is 240. The van der Waals surface area contributed by atoms with Gasteiger partial charge in [-0.25, -0.2) is 13.6 Å². The molecule has 5 heteroatoms.